The van der Waals surface area contributed by atoms with Gasteiger partial charge in [-0.1, -0.05) is 60.6 Å². The highest BCUT2D eigenvalue weighted by atomic mass is 17.0. The molecule has 0 fully saturated rings. The average molecular weight is 361 g/mol. The van der Waals surface area contributed by atoms with Gasteiger partial charge in [-0.15, -0.1) is 5.10 Å². The molecule has 0 aliphatic heterocycles. The predicted octanol–water partition coefficient (Wildman–Crippen LogP) is 3.50. The zero-order valence-corrected chi connectivity index (χ0v) is 17.3. The topological polar surface area (TPSA) is 103 Å². The van der Waals surface area contributed by atoms with E-state index in [4.69, 9.17) is 15.6 Å². The third-order valence-electron chi connectivity index (χ3n) is 3.19. The Bertz CT molecular complexity index is 418. The van der Waals surface area contributed by atoms with Crippen LogP contribution in [0.25, 0.3) is 0 Å². The molecule has 0 amide bonds. The van der Waals surface area contributed by atoms with Gasteiger partial charge in [0.25, 0.3) is 0 Å². The van der Waals surface area contributed by atoms with E-state index in [-0.39, 0.29) is 5.41 Å². The van der Waals surface area contributed by atoms with Gasteiger partial charge in [-0.2, -0.15) is 0 Å². The Balaban J connectivity index is 0. The van der Waals surface area contributed by atoms with Crippen LogP contribution in [0, 0.1) is 17.3 Å². The Morgan fingerprint density at radius 3 is 2.00 bits per heavy atom. The van der Waals surface area contributed by atoms with E-state index in [0.717, 1.165) is 18.8 Å². The largest absolute Gasteiger partial charge is 0.396 e. The third kappa shape index (κ3) is 16.2. The summed E-state index contributed by atoms with van der Waals surface area (Å²) < 4.78 is 1.97. The van der Waals surface area contributed by atoms with Crippen LogP contribution in [0.2, 0.25) is 0 Å². The third-order valence-corrected chi connectivity index (χ3v) is 3.19. The smallest absolute Gasteiger partial charge is 0.0964 e. The van der Waals surface area contributed by atoms with Crippen LogP contribution in [0.4, 0.5) is 0 Å². The molecule has 0 saturated carbocycles. The Hall–Kier alpha value is -1.02. The first-order valence-corrected chi connectivity index (χ1v) is 8.99. The van der Waals surface area contributed by atoms with E-state index >= 15 is 0 Å². The van der Waals surface area contributed by atoms with Crippen LogP contribution in [0.1, 0.15) is 67.5 Å². The number of rotatable bonds is 8. The zero-order valence-electron chi connectivity index (χ0n) is 17.3. The molecule has 0 saturated heterocycles. The molecule has 7 nitrogen and oxygen atoms in total. The minimum Gasteiger partial charge on any atom is -0.396 e. The second kappa shape index (κ2) is 14.2. The second-order valence-corrected chi connectivity index (χ2v) is 8.28. The summed E-state index contributed by atoms with van der Waals surface area (Å²) in [7, 11) is 0. The average Bonchev–Trinajstić information content (AvgIpc) is 2.93. The molecule has 4 N–H and O–H groups in total. The first-order chi connectivity index (χ1) is 11.6. The number of aliphatic hydroxyl groups is 1. The summed E-state index contributed by atoms with van der Waals surface area (Å²) in [6.45, 7) is 19.4. The van der Waals surface area contributed by atoms with Crippen molar-refractivity contribution >= 4 is 0 Å². The van der Waals surface area contributed by atoms with E-state index in [2.05, 4.69) is 63.4 Å². The maximum Gasteiger partial charge on any atom is 0.0964 e. The first-order valence-electron chi connectivity index (χ1n) is 8.99. The number of hydrogen-bond donors (Lipinski definition) is 4. The molecule has 0 unspecified atom stereocenters. The Morgan fingerprint density at radius 1 is 1.08 bits per heavy atom. The standard InChI is InChI=1S/C14H28N4.C4H10O.H2O2/c1-11(2)7-14(5,6)10-18-9-13(16-17-18)8-15-12(3)4;1-4(2)3-5;1-2/h9,11-12,15H,7-8,10H2,1-6H3;4-5H,3H2,1-2H3;1-2H. The summed E-state index contributed by atoms with van der Waals surface area (Å²) in [5, 5.41) is 31.9. The monoisotopic (exact) mass is 360 g/mol. The van der Waals surface area contributed by atoms with Gasteiger partial charge in [0.1, 0.15) is 0 Å². The molecular formula is C18H40N4O3. The Labute approximate surface area is 153 Å². The quantitative estimate of drug-likeness (QED) is 0.418. The molecule has 0 atom stereocenters. The molecule has 150 valence electrons. The van der Waals surface area contributed by atoms with Crippen LogP contribution < -0.4 is 5.32 Å². The van der Waals surface area contributed by atoms with Crippen LogP contribution in [0.5, 0.6) is 0 Å². The highest BCUT2D eigenvalue weighted by molar-refractivity contribution is 4.92. The van der Waals surface area contributed by atoms with Gasteiger partial charge in [0.2, 0.25) is 0 Å². The van der Waals surface area contributed by atoms with Gasteiger partial charge in [-0.3, -0.25) is 15.2 Å². The lowest BCUT2D eigenvalue weighted by Crippen LogP contribution is -2.22. The summed E-state index contributed by atoms with van der Waals surface area (Å²) in [5.41, 5.74) is 1.29. The molecular weight excluding hydrogens is 320 g/mol. The Kier molecular flexibility index (Phi) is 14.9. The van der Waals surface area contributed by atoms with Gasteiger partial charge >= 0.3 is 0 Å². The van der Waals surface area contributed by atoms with Crippen molar-refractivity contribution in [3.8, 4) is 0 Å². The van der Waals surface area contributed by atoms with Gasteiger partial charge in [0.15, 0.2) is 0 Å². The lowest BCUT2D eigenvalue weighted by atomic mass is 9.84. The highest BCUT2D eigenvalue weighted by Crippen LogP contribution is 2.26. The van der Waals surface area contributed by atoms with Crippen molar-refractivity contribution in [3.63, 3.8) is 0 Å². The summed E-state index contributed by atoms with van der Waals surface area (Å²) in [5.74, 6) is 1.15. The van der Waals surface area contributed by atoms with Crippen molar-refractivity contribution in [2.45, 2.75) is 80.9 Å². The van der Waals surface area contributed by atoms with E-state index in [1.807, 2.05) is 18.5 Å². The fraction of sp³-hybridized carbons (Fsp3) is 0.889. The van der Waals surface area contributed by atoms with Gasteiger partial charge < -0.3 is 10.4 Å². The van der Waals surface area contributed by atoms with E-state index in [0.29, 0.717) is 24.5 Å². The van der Waals surface area contributed by atoms with Crippen molar-refractivity contribution < 1.29 is 15.6 Å². The van der Waals surface area contributed by atoms with Crippen LogP contribution in [-0.4, -0.2) is 43.3 Å². The summed E-state index contributed by atoms with van der Waals surface area (Å²) >= 11 is 0. The minimum absolute atomic E-state index is 0.268. The first kappa shape index (κ1) is 26.2. The van der Waals surface area contributed by atoms with Crippen LogP contribution in [0.15, 0.2) is 6.20 Å². The maximum absolute atomic E-state index is 8.14. The fourth-order valence-corrected chi connectivity index (χ4v) is 2.41. The van der Waals surface area contributed by atoms with Crippen LogP contribution in [-0.2, 0) is 13.1 Å². The van der Waals surface area contributed by atoms with Crippen molar-refractivity contribution in [1.82, 2.24) is 20.3 Å². The number of nitrogens with zero attached hydrogens (tertiary/aromatic N) is 3. The minimum atomic E-state index is 0.268. The fourth-order valence-electron chi connectivity index (χ4n) is 2.41. The summed E-state index contributed by atoms with van der Waals surface area (Å²) in [6.07, 6.45) is 3.25. The Morgan fingerprint density at radius 2 is 1.60 bits per heavy atom. The summed E-state index contributed by atoms with van der Waals surface area (Å²) in [4.78, 5) is 0. The molecule has 0 aliphatic rings. The van der Waals surface area contributed by atoms with E-state index in [9.17, 15) is 0 Å². The molecule has 1 aromatic rings. The molecule has 0 spiro atoms. The molecule has 1 rings (SSSR count). The number of hydrogen-bond acceptors (Lipinski definition) is 6. The van der Waals surface area contributed by atoms with Crippen LogP contribution in [0.3, 0.4) is 0 Å². The normalized spacial score (nSPS) is 11.3. The van der Waals surface area contributed by atoms with Gasteiger partial charge in [-0.05, 0) is 23.7 Å². The molecule has 1 aromatic heterocycles. The van der Waals surface area contributed by atoms with Crippen molar-refractivity contribution in [2.75, 3.05) is 6.61 Å². The summed E-state index contributed by atoms with van der Waals surface area (Å²) in [6, 6.07) is 0.479. The highest BCUT2D eigenvalue weighted by Gasteiger charge is 2.20. The second-order valence-electron chi connectivity index (χ2n) is 8.28. The molecule has 0 radical (unpaired) electrons. The van der Waals surface area contributed by atoms with E-state index in [1.54, 1.807) is 0 Å². The van der Waals surface area contributed by atoms with Gasteiger partial charge in [0.05, 0.1) is 5.69 Å². The maximum atomic E-state index is 8.14. The molecule has 25 heavy (non-hydrogen) atoms. The predicted molar refractivity (Wildman–Crippen MR) is 102 cm³/mol. The number of aliphatic hydroxyl groups excluding tert-OH is 1. The van der Waals surface area contributed by atoms with Gasteiger partial charge in [-0.25, -0.2) is 0 Å². The van der Waals surface area contributed by atoms with Gasteiger partial charge in [0, 0.05) is 31.9 Å². The number of aromatic nitrogens is 3. The molecule has 1 heterocycles. The lowest BCUT2D eigenvalue weighted by Gasteiger charge is -2.26. The van der Waals surface area contributed by atoms with Crippen LogP contribution >= 0.6 is 0 Å². The SMILES string of the molecule is CC(C)CC(C)(C)Cn1cc(CNC(C)C)nn1.CC(C)CO.OO. The lowest BCUT2D eigenvalue weighted by molar-refractivity contribution is -0.176. The molecule has 0 aromatic carbocycles. The zero-order chi connectivity index (χ0) is 20.0. The molecule has 0 bridgehead atoms. The van der Waals surface area contributed by atoms with Crippen molar-refractivity contribution in [2.24, 2.45) is 17.3 Å². The molecule has 7 heteroatoms. The molecule has 0 aliphatic carbocycles. The van der Waals surface area contributed by atoms with E-state index < -0.39 is 0 Å². The van der Waals surface area contributed by atoms with E-state index in [1.165, 1.54) is 6.42 Å². The van der Waals surface area contributed by atoms with Crippen molar-refractivity contribution in [3.05, 3.63) is 11.9 Å². The number of nitrogens with one attached hydrogen (secondary N) is 1. The van der Waals surface area contributed by atoms with Crippen molar-refractivity contribution in [1.29, 1.82) is 0 Å².